The van der Waals surface area contributed by atoms with Gasteiger partial charge in [0.1, 0.15) is 5.60 Å². The van der Waals surface area contributed by atoms with Gasteiger partial charge in [0.15, 0.2) is 0 Å². The monoisotopic (exact) mass is 295 g/mol. The first-order valence-electron chi connectivity index (χ1n) is 8.27. The van der Waals surface area contributed by atoms with Gasteiger partial charge in [0.2, 0.25) is 0 Å². The van der Waals surface area contributed by atoms with Crippen molar-refractivity contribution in [3.05, 3.63) is 0 Å². The van der Waals surface area contributed by atoms with Gasteiger partial charge in [-0.3, -0.25) is 4.90 Å². The van der Waals surface area contributed by atoms with Crippen molar-refractivity contribution in [1.29, 1.82) is 0 Å². The minimum Gasteiger partial charge on any atom is -0.444 e. The Morgan fingerprint density at radius 2 is 1.57 bits per heavy atom. The molecule has 3 aliphatic heterocycles. The van der Waals surface area contributed by atoms with Crippen molar-refractivity contribution in [2.75, 3.05) is 33.2 Å². The van der Waals surface area contributed by atoms with Crippen LogP contribution in [0.1, 0.15) is 40.0 Å². The number of fused-ring (bicyclic) bond motifs is 2. The van der Waals surface area contributed by atoms with Crippen LogP contribution in [-0.4, -0.2) is 77.7 Å². The van der Waals surface area contributed by atoms with Crippen molar-refractivity contribution in [2.24, 2.45) is 0 Å². The second-order valence-electron chi connectivity index (χ2n) is 7.92. The molecule has 3 fully saturated rings. The van der Waals surface area contributed by atoms with Crippen LogP contribution < -0.4 is 0 Å². The summed E-state index contributed by atoms with van der Waals surface area (Å²) in [6.07, 6.45) is 3.58. The van der Waals surface area contributed by atoms with Gasteiger partial charge in [0, 0.05) is 44.3 Å². The van der Waals surface area contributed by atoms with E-state index in [1.165, 1.54) is 25.9 Å². The van der Waals surface area contributed by atoms with E-state index in [9.17, 15) is 4.79 Å². The molecule has 2 bridgehead atoms. The Morgan fingerprint density at radius 1 is 1.00 bits per heavy atom. The minimum absolute atomic E-state index is 0.147. The summed E-state index contributed by atoms with van der Waals surface area (Å²) in [6.45, 7) is 9.83. The summed E-state index contributed by atoms with van der Waals surface area (Å²) in [5.74, 6) is 0. The van der Waals surface area contributed by atoms with Gasteiger partial charge in [0.25, 0.3) is 0 Å². The minimum atomic E-state index is -0.401. The molecule has 0 aromatic heterocycles. The highest BCUT2D eigenvalue weighted by atomic mass is 16.6. The molecule has 0 aromatic rings. The molecule has 0 N–H and O–H groups in total. The van der Waals surface area contributed by atoms with Crippen LogP contribution in [0.25, 0.3) is 0 Å². The highest BCUT2D eigenvalue weighted by Crippen LogP contribution is 2.34. The molecule has 0 saturated carbocycles. The van der Waals surface area contributed by atoms with Crippen LogP contribution in [0.15, 0.2) is 0 Å². The second kappa shape index (κ2) is 5.43. The van der Waals surface area contributed by atoms with Crippen LogP contribution in [0.2, 0.25) is 0 Å². The molecule has 3 atom stereocenters. The van der Waals surface area contributed by atoms with Crippen LogP contribution in [0.4, 0.5) is 4.79 Å². The van der Waals surface area contributed by atoms with E-state index in [2.05, 4.69) is 16.8 Å². The van der Waals surface area contributed by atoms with Gasteiger partial charge in [-0.15, -0.1) is 0 Å². The molecule has 3 heterocycles. The average Bonchev–Trinajstić information content (AvgIpc) is 2.90. The third-order valence-electron chi connectivity index (χ3n) is 4.96. The fraction of sp³-hybridized carbons (Fsp3) is 0.938. The summed E-state index contributed by atoms with van der Waals surface area (Å²) in [5.41, 5.74) is -0.401. The van der Waals surface area contributed by atoms with Crippen LogP contribution in [0, 0.1) is 0 Å². The summed E-state index contributed by atoms with van der Waals surface area (Å²) in [4.78, 5) is 19.3. The second-order valence-corrected chi connectivity index (χ2v) is 7.92. The molecule has 1 amide bonds. The number of ether oxygens (including phenoxy) is 1. The summed E-state index contributed by atoms with van der Waals surface area (Å²) in [7, 11) is 2.23. The summed E-state index contributed by atoms with van der Waals surface area (Å²) in [5, 5.41) is 0. The number of likely N-dealkylation sites (tertiary alicyclic amines) is 2. The van der Waals surface area contributed by atoms with Crippen LogP contribution in [0.5, 0.6) is 0 Å². The zero-order chi connectivity index (χ0) is 15.2. The first-order chi connectivity index (χ1) is 9.83. The summed E-state index contributed by atoms with van der Waals surface area (Å²) < 4.78 is 5.50. The highest BCUT2D eigenvalue weighted by Gasteiger charge is 2.44. The molecular formula is C16H29N3O2. The lowest BCUT2D eigenvalue weighted by molar-refractivity contribution is 0.0222. The fourth-order valence-corrected chi connectivity index (χ4v) is 4.22. The predicted octanol–water partition coefficient (Wildman–Crippen LogP) is 1.77. The van der Waals surface area contributed by atoms with Crippen LogP contribution in [-0.2, 0) is 4.74 Å². The van der Waals surface area contributed by atoms with Crippen LogP contribution in [0.3, 0.4) is 0 Å². The van der Waals surface area contributed by atoms with E-state index in [1.807, 2.05) is 25.7 Å². The molecule has 5 heteroatoms. The maximum atomic E-state index is 12.2. The van der Waals surface area contributed by atoms with Gasteiger partial charge in [-0.2, -0.15) is 0 Å². The van der Waals surface area contributed by atoms with Crippen molar-refractivity contribution in [3.63, 3.8) is 0 Å². The zero-order valence-corrected chi connectivity index (χ0v) is 13.8. The Balaban J connectivity index is 1.59. The van der Waals surface area contributed by atoms with E-state index in [1.54, 1.807) is 0 Å². The molecule has 3 saturated heterocycles. The maximum absolute atomic E-state index is 12.2. The van der Waals surface area contributed by atoms with E-state index in [0.29, 0.717) is 18.1 Å². The number of rotatable bonds is 1. The average molecular weight is 295 g/mol. The Kier molecular flexibility index (Phi) is 3.91. The van der Waals surface area contributed by atoms with E-state index in [0.717, 1.165) is 19.5 Å². The molecule has 2 unspecified atom stereocenters. The van der Waals surface area contributed by atoms with Gasteiger partial charge >= 0.3 is 6.09 Å². The third-order valence-corrected chi connectivity index (χ3v) is 4.96. The molecule has 0 aromatic carbocycles. The number of piperazine rings is 1. The molecule has 0 aliphatic carbocycles. The summed E-state index contributed by atoms with van der Waals surface area (Å²) in [6, 6.07) is 1.92. The van der Waals surface area contributed by atoms with Crippen molar-refractivity contribution in [1.82, 2.24) is 14.7 Å². The quantitative estimate of drug-likeness (QED) is 0.739. The predicted molar refractivity (Wildman–Crippen MR) is 82.4 cm³/mol. The normalized spacial score (nSPS) is 34.5. The molecule has 0 radical (unpaired) electrons. The number of carbonyl (C=O) groups excluding carboxylic acids is 1. The molecule has 5 nitrogen and oxygen atoms in total. The largest absolute Gasteiger partial charge is 0.444 e. The molecule has 0 spiro atoms. The lowest BCUT2D eigenvalue weighted by atomic mass is 10.1. The van der Waals surface area contributed by atoms with E-state index < -0.39 is 5.60 Å². The molecular weight excluding hydrogens is 266 g/mol. The number of hydrogen-bond donors (Lipinski definition) is 0. The van der Waals surface area contributed by atoms with Gasteiger partial charge in [-0.1, -0.05) is 0 Å². The number of carbonyl (C=O) groups is 1. The number of hydrogen-bond acceptors (Lipinski definition) is 4. The van der Waals surface area contributed by atoms with E-state index >= 15 is 0 Å². The van der Waals surface area contributed by atoms with Crippen molar-refractivity contribution >= 4 is 6.09 Å². The molecule has 21 heavy (non-hydrogen) atoms. The first-order valence-corrected chi connectivity index (χ1v) is 8.27. The fourth-order valence-electron chi connectivity index (χ4n) is 4.22. The lowest BCUT2D eigenvalue weighted by Crippen LogP contribution is -2.56. The zero-order valence-electron chi connectivity index (χ0n) is 13.8. The van der Waals surface area contributed by atoms with Gasteiger partial charge in [0.05, 0.1) is 0 Å². The van der Waals surface area contributed by atoms with Crippen molar-refractivity contribution in [3.8, 4) is 0 Å². The highest BCUT2D eigenvalue weighted by molar-refractivity contribution is 5.68. The maximum Gasteiger partial charge on any atom is 0.410 e. The standard InChI is InChI=1S/C16H29N3O2/c1-16(2,3)21-15(20)18-8-7-14(11-18)19-12-5-6-13(19)10-17(4)9-12/h12-14H,5-11H2,1-4H3/t12?,13?,14-/m1/s1. The molecule has 3 aliphatic rings. The Labute approximate surface area is 128 Å². The Bertz CT molecular complexity index is 393. The van der Waals surface area contributed by atoms with Crippen molar-refractivity contribution in [2.45, 2.75) is 63.8 Å². The smallest absolute Gasteiger partial charge is 0.410 e. The van der Waals surface area contributed by atoms with Gasteiger partial charge in [-0.25, -0.2) is 4.79 Å². The molecule has 120 valence electrons. The SMILES string of the molecule is CN1CC2CCC(C1)N2[C@@H]1CCN(C(=O)OC(C)(C)C)C1. The van der Waals surface area contributed by atoms with E-state index in [-0.39, 0.29) is 6.09 Å². The van der Waals surface area contributed by atoms with Crippen molar-refractivity contribution < 1.29 is 9.53 Å². The van der Waals surface area contributed by atoms with Gasteiger partial charge < -0.3 is 14.5 Å². The Hall–Kier alpha value is -0.810. The van der Waals surface area contributed by atoms with Crippen LogP contribution >= 0.6 is 0 Å². The third kappa shape index (κ3) is 3.19. The number of likely N-dealkylation sites (N-methyl/N-ethyl adjacent to an activating group) is 1. The Morgan fingerprint density at radius 3 is 2.14 bits per heavy atom. The summed E-state index contributed by atoms with van der Waals surface area (Å²) >= 11 is 0. The topological polar surface area (TPSA) is 36.0 Å². The number of amides is 1. The first kappa shape index (κ1) is 15.1. The number of nitrogens with zero attached hydrogens (tertiary/aromatic N) is 3. The van der Waals surface area contributed by atoms with E-state index in [4.69, 9.17) is 4.74 Å². The lowest BCUT2D eigenvalue weighted by Gasteiger charge is -2.42. The molecule has 3 rings (SSSR count). The van der Waals surface area contributed by atoms with Gasteiger partial charge in [-0.05, 0) is 47.1 Å².